The fourth-order valence-corrected chi connectivity index (χ4v) is 2.23. The molecule has 0 bridgehead atoms. The third kappa shape index (κ3) is 4.19. The summed E-state index contributed by atoms with van der Waals surface area (Å²) in [6.07, 6.45) is -2.30. The number of methoxy groups -OCH3 is 1. The summed E-state index contributed by atoms with van der Waals surface area (Å²) in [7, 11) is 1.07. The second kappa shape index (κ2) is 7.56. The van der Waals surface area contributed by atoms with Gasteiger partial charge in [-0.25, -0.2) is 4.79 Å². The topological polar surface area (TPSA) is 119 Å². The van der Waals surface area contributed by atoms with Crippen LogP contribution < -0.4 is 5.32 Å². The first kappa shape index (κ1) is 18.1. The van der Waals surface area contributed by atoms with Gasteiger partial charge < -0.3 is 9.47 Å². The Labute approximate surface area is 142 Å². The van der Waals surface area contributed by atoms with Gasteiger partial charge in [-0.3, -0.25) is 29.4 Å². The lowest BCUT2D eigenvalue weighted by atomic mass is 9.98. The molecular weight excluding hydrogens is 332 g/mol. The molecule has 0 saturated heterocycles. The maximum absolute atomic E-state index is 12.3. The van der Waals surface area contributed by atoms with Crippen molar-refractivity contribution in [2.24, 2.45) is 0 Å². The number of ether oxygens (including phenoxy) is 2. The molecule has 1 aliphatic heterocycles. The number of carbonyl (C=O) groups excluding carboxylic acids is 5. The Balaban J connectivity index is 1.98. The minimum absolute atomic E-state index is 0.00638. The van der Waals surface area contributed by atoms with Gasteiger partial charge in [-0.2, -0.15) is 0 Å². The Morgan fingerprint density at radius 3 is 2.60 bits per heavy atom. The smallest absolute Gasteiger partial charge is 0.413 e. The quantitative estimate of drug-likeness (QED) is 0.602. The van der Waals surface area contributed by atoms with Crippen molar-refractivity contribution in [2.75, 3.05) is 13.7 Å². The van der Waals surface area contributed by atoms with Gasteiger partial charge in [0.05, 0.1) is 13.5 Å². The number of amides is 4. The molecule has 1 aromatic carbocycles. The standard InChI is InChI=1S/C16H16N2O7/c1-9(14(21)17-16(23)24-2)25-13(20)8-18-12(19)7-10-5-3-4-6-11(10)15(18)22/h3-6,9H,7-8H2,1-2H3,(H,17,21,23)/t9-/m0/s1. The Kier molecular flexibility index (Phi) is 5.48. The highest BCUT2D eigenvalue weighted by molar-refractivity contribution is 6.11. The molecule has 25 heavy (non-hydrogen) atoms. The predicted octanol–water partition coefficient (Wildman–Crippen LogP) is 0.0258. The lowest BCUT2D eigenvalue weighted by Crippen LogP contribution is -2.47. The van der Waals surface area contributed by atoms with E-state index in [0.717, 1.165) is 12.0 Å². The number of nitrogens with one attached hydrogen (secondary N) is 1. The van der Waals surface area contributed by atoms with Crippen LogP contribution in [0.15, 0.2) is 24.3 Å². The minimum atomic E-state index is -1.30. The highest BCUT2D eigenvalue weighted by Crippen LogP contribution is 2.19. The van der Waals surface area contributed by atoms with Crippen LogP contribution in [0.2, 0.25) is 0 Å². The van der Waals surface area contributed by atoms with Crippen LogP contribution in [-0.2, 0) is 30.3 Å². The van der Waals surface area contributed by atoms with Gasteiger partial charge in [-0.1, -0.05) is 18.2 Å². The Bertz CT molecular complexity index is 744. The van der Waals surface area contributed by atoms with Crippen molar-refractivity contribution in [3.8, 4) is 0 Å². The number of alkyl carbamates (subject to hydrolysis) is 1. The average Bonchev–Trinajstić information content (AvgIpc) is 2.58. The third-order valence-electron chi connectivity index (χ3n) is 3.51. The third-order valence-corrected chi connectivity index (χ3v) is 3.51. The summed E-state index contributed by atoms with van der Waals surface area (Å²) in [4.78, 5) is 59.6. The molecule has 2 rings (SSSR count). The van der Waals surface area contributed by atoms with E-state index >= 15 is 0 Å². The monoisotopic (exact) mass is 348 g/mol. The molecule has 1 heterocycles. The number of rotatable bonds is 4. The number of esters is 1. The first-order valence-corrected chi connectivity index (χ1v) is 7.34. The van der Waals surface area contributed by atoms with E-state index in [-0.39, 0.29) is 6.42 Å². The molecule has 9 nitrogen and oxygen atoms in total. The number of benzene rings is 1. The van der Waals surface area contributed by atoms with E-state index in [1.54, 1.807) is 24.3 Å². The van der Waals surface area contributed by atoms with Crippen molar-refractivity contribution in [1.29, 1.82) is 0 Å². The number of imide groups is 2. The average molecular weight is 348 g/mol. The minimum Gasteiger partial charge on any atom is -0.453 e. The lowest BCUT2D eigenvalue weighted by molar-refractivity contribution is -0.156. The predicted molar refractivity (Wildman–Crippen MR) is 82.3 cm³/mol. The van der Waals surface area contributed by atoms with E-state index < -0.39 is 42.4 Å². The van der Waals surface area contributed by atoms with Gasteiger partial charge in [0.2, 0.25) is 5.91 Å². The number of nitrogens with zero attached hydrogens (tertiary/aromatic N) is 1. The molecule has 0 aromatic heterocycles. The zero-order valence-corrected chi connectivity index (χ0v) is 13.6. The van der Waals surface area contributed by atoms with Crippen molar-refractivity contribution < 1.29 is 33.4 Å². The molecule has 9 heteroatoms. The van der Waals surface area contributed by atoms with E-state index in [4.69, 9.17) is 4.74 Å². The molecule has 132 valence electrons. The van der Waals surface area contributed by atoms with Gasteiger partial charge in [0, 0.05) is 5.56 Å². The van der Waals surface area contributed by atoms with Gasteiger partial charge in [-0.15, -0.1) is 0 Å². The maximum Gasteiger partial charge on any atom is 0.413 e. The highest BCUT2D eigenvalue weighted by Gasteiger charge is 2.33. The summed E-state index contributed by atoms with van der Waals surface area (Å²) in [5, 5.41) is 1.84. The molecule has 0 saturated carbocycles. The SMILES string of the molecule is COC(=O)NC(=O)[C@H](C)OC(=O)CN1C(=O)Cc2ccccc2C1=O. The fraction of sp³-hybridized carbons (Fsp3) is 0.312. The van der Waals surface area contributed by atoms with Gasteiger partial charge >= 0.3 is 12.1 Å². The second-order valence-electron chi connectivity index (χ2n) is 5.23. The maximum atomic E-state index is 12.3. The van der Waals surface area contributed by atoms with E-state index in [1.165, 1.54) is 6.92 Å². The van der Waals surface area contributed by atoms with Gasteiger partial charge in [-0.05, 0) is 18.6 Å². The molecule has 0 radical (unpaired) electrons. The fourth-order valence-electron chi connectivity index (χ4n) is 2.23. The second-order valence-corrected chi connectivity index (χ2v) is 5.23. The molecular formula is C16H16N2O7. The summed E-state index contributed by atoms with van der Waals surface area (Å²) in [6.45, 7) is 0.618. The molecule has 4 amide bonds. The van der Waals surface area contributed by atoms with Crippen molar-refractivity contribution in [3.63, 3.8) is 0 Å². The van der Waals surface area contributed by atoms with Crippen LogP contribution in [0.1, 0.15) is 22.8 Å². The first-order chi connectivity index (χ1) is 11.8. The Hall–Kier alpha value is -3.23. The van der Waals surface area contributed by atoms with E-state index in [2.05, 4.69) is 4.74 Å². The summed E-state index contributed by atoms with van der Waals surface area (Å²) < 4.78 is 9.09. The van der Waals surface area contributed by atoms with Crippen LogP contribution in [0.25, 0.3) is 0 Å². The van der Waals surface area contributed by atoms with E-state index in [0.29, 0.717) is 11.1 Å². The molecule has 0 fully saturated rings. The van der Waals surface area contributed by atoms with E-state index in [9.17, 15) is 24.0 Å². The summed E-state index contributed by atoms with van der Waals surface area (Å²) in [5.74, 6) is -2.97. The zero-order valence-electron chi connectivity index (χ0n) is 13.6. The number of hydrogen-bond donors (Lipinski definition) is 1. The van der Waals surface area contributed by atoms with Crippen LogP contribution in [0, 0.1) is 0 Å². The summed E-state index contributed by atoms with van der Waals surface area (Å²) in [6, 6.07) is 6.60. The van der Waals surface area contributed by atoms with Crippen LogP contribution in [-0.4, -0.2) is 54.4 Å². The molecule has 0 aliphatic carbocycles. The van der Waals surface area contributed by atoms with Crippen molar-refractivity contribution >= 4 is 29.8 Å². The molecule has 0 spiro atoms. The van der Waals surface area contributed by atoms with Crippen LogP contribution in [0.3, 0.4) is 0 Å². The molecule has 1 aliphatic rings. The lowest BCUT2D eigenvalue weighted by Gasteiger charge is -2.26. The molecule has 1 atom stereocenters. The summed E-state index contributed by atoms with van der Waals surface area (Å²) >= 11 is 0. The number of fused-ring (bicyclic) bond motifs is 1. The normalized spacial score (nSPS) is 14.4. The molecule has 1 aromatic rings. The Morgan fingerprint density at radius 1 is 1.24 bits per heavy atom. The van der Waals surface area contributed by atoms with Crippen molar-refractivity contribution in [1.82, 2.24) is 10.2 Å². The number of hydrogen-bond acceptors (Lipinski definition) is 7. The zero-order chi connectivity index (χ0) is 18.6. The highest BCUT2D eigenvalue weighted by atomic mass is 16.6. The largest absolute Gasteiger partial charge is 0.453 e. The van der Waals surface area contributed by atoms with Crippen LogP contribution in [0.4, 0.5) is 4.79 Å². The molecule has 0 unspecified atom stereocenters. The molecule has 1 N–H and O–H groups in total. The first-order valence-electron chi connectivity index (χ1n) is 7.34. The summed E-state index contributed by atoms with van der Waals surface area (Å²) in [5.41, 5.74) is 0.930. The number of carbonyl (C=O) groups is 5. The van der Waals surface area contributed by atoms with Crippen molar-refractivity contribution in [2.45, 2.75) is 19.4 Å². The van der Waals surface area contributed by atoms with Crippen LogP contribution in [0.5, 0.6) is 0 Å². The van der Waals surface area contributed by atoms with Gasteiger partial charge in [0.1, 0.15) is 6.54 Å². The van der Waals surface area contributed by atoms with E-state index in [1.807, 2.05) is 5.32 Å². The van der Waals surface area contributed by atoms with Crippen molar-refractivity contribution in [3.05, 3.63) is 35.4 Å². The van der Waals surface area contributed by atoms with Gasteiger partial charge in [0.25, 0.3) is 11.8 Å². The van der Waals surface area contributed by atoms with Crippen LogP contribution >= 0.6 is 0 Å². The van der Waals surface area contributed by atoms with Gasteiger partial charge in [0.15, 0.2) is 6.10 Å². The Morgan fingerprint density at radius 2 is 1.92 bits per heavy atom.